The summed E-state index contributed by atoms with van der Waals surface area (Å²) in [6.45, 7) is 1.71. The number of rotatable bonds is 4. The highest BCUT2D eigenvalue weighted by Gasteiger charge is 2.31. The Hall–Kier alpha value is -2.30. The van der Waals surface area contributed by atoms with Crippen LogP contribution in [0.4, 0.5) is 0 Å². The van der Waals surface area contributed by atoms with Crippen LogP contribution >= 0.6 is 11.3 Å². The number of aromatic nitrogens is 3. The van der Waals surface area contributed by atoms with Gasteiger partial charge in [0.25, 0.3) is 5.56 Å². The summed E-state index contributed by atoms with van der Waals surface area (Å²) in [6.07, 6.45) is 1.06. The number of hydrogen-bond donors (Lipinski definition) is 0. The molecule has 1 atom stereocenters. The molecular weight excluding hydrogens is 376 g/mol. The lowest BCUT2D eigenvalue weighted by Gasteiger charge is -2.22. The first-order valence-corrected chi connectivity index (χ1v) is 10.0. The Kier molecular flexibility index (Phi) is 4.59. The van der Waals surface area contributed by atoms with E-state index in [0.717, 1.165) is 29.9 Å². The van der Waals surface area contributed by atoms with Gasteiger partial charge in [-0.1, -0.05) is 12.1 Å². The number of para-hydroxylation sites is 1. The highest BCUT2D eigenvalue weighted by Crippen LogP contribution is 2.30. The van der Waals surface area contributed by atoms with Gasteiger partial charge in [-0.2, -0.15) is 4.31 Å². The van der Waals surface area contributed by atoms with Crippen molar-refractivity contribution in [2.45, 2.75) is 17.9 Å². The van der Waals surface area contributed by atoms with E-state index in [4.69, 9.17) is 0 Å². The molecule has 1 unspecified atom stereocenters. The van der Waals surface area contributed by atoms with Crippen LogP contribution in [0.1, 0.15) is 18.0 Å². The molecule has 0 bridgehead atoms. The minimum Gasteiger partial charge on any atom is -0.302 e. The van der Waals surface area contributed by atoms with E-state index in [2.05, 4.69) is 4.98 Å². The second-order valence-electron chi connectivity index (χ2n) is 5.97. The highest BCUT2D eigenvalue weighted by molar-refractivity contribution is 7.89. The fourth-order valence-electron chi connectivity index (χ4n) is 2.54. The van der Waals surface area contributed by atoms with Gasteiger partial charge in [0.05, 0.1) is 16.3 Å². The third-order valence-electron chi connectivity index (χ3n) is 4.29. The molecule has 0 amide bonds. The molecule has 0 radical (unpaired) electrons. The van der Waals surface area contributed by atoms with Gasteiger partial charge >= 0.3 is 5.69 Å². The molecule has 0 fully saturated rings. The molecule has 2 aromatic heterocycles. The summed E-state index contributed by atoms with van der Waals surface area (Å²) >= 11 is 1.40. The number of hydrogen-bond acceptors (Lipinski definition) is 6. The van der Waals surface area contributed by atoms with E-state index >= 15 is 0 Å². The van der Waals surface area contributed by atoms with Gasteiger partial charge in [0, 0.05) is 27.3 Å². The van der Waals surface area contributed by atoms with E-state index in [-0.39, 0.29) is 0 Å². The molecule has 0 aliphatic heterocycles. The average Bonchev–Trinajstić information content (AvgIpc) is 3.05. The number of fused-ring (bicyclic) bond motifs is 1. The zero-order chi connectivity index (χ0) is 19.2. The summed E-state index contributed by atoms with van der Waals surface area (Å²) < 4.78 is 29.9. The molecular formula is C16H18N4O4S2. The zero-order valence-corrected chi connectivity index (χ0v) is 16.3. The van der Waals surface area contributed by atoms with Crippen molar-refractivity contribution < 1.29 is 8.42 Å². The topological polar surface area (TPSA) is 94.3 Å². The molecule has 1 aromatic carbocycles. The number of thiazole rings is 1. The predicted molar refractivity (Wildman–Crippen MR) is 99.9 cm³/mol. The lowest BCUT2D eigenvalue weighted by molar-refractivity contribution is 0.395. The molecule has 8 nitrogen and oxygen atoms in total. The maximum Gasteiger partial charge on any atom is 0.330 e. The lowest BCUT2D eigenvalue weighted by atomic mass is 10.3. The molecule has 0 aliphatic carbocycles. The first-order valence-electron chi connectivity index (χ1n) is 7.74. The van der Waals surface area contributed by atoms with E-state index in [1.54, 1.807) is 6.92 Å². The van der Waals surface area contributed by atoms with E-state index in [9.17, 15) is 18.0 Å². The largest absolute Gasteiger partial charge is 0.330 e. The Morgan fingerprint density at radius 1 is 1.19 bits per heavy atom. The van der Waals surface area contributed by atoms with Crippen LogP contribution in [0, 0.1) is 0 Å². The van der Waals surface area contributed by atoms with E-state index in [1.807, 2.05) is 24.3 Å². The molecule has 138 valence electrons. The molecule has 2 heterocycles. The number of benzene rings is 1. The standard InChI is InChI=1S/C16H18N4O4S2/c1-10(14-17-11-7-5-6-8-12(11)25-14)20(4)26(23,24)13-9-18(2)16(22)19(3)15(13)21/h5-10H,1-4H3. The first-order chi connectivity index (χ1) is 12.1. The van der Waals surface area contributed by atoms with E-state index in [0.29, 0.717) is 5.01 Å². The molecule has 0 spiro atoms. The predicted octanol–water partition coefficient (Wildman–Crippen LogP) is 1.08. The van der Waals surface area contributed by atoms with Crippen LogP contribution in [0.3, 0.4) is 0 Å². The van der Waals surface area contributed by atoms with Crippen LogP contribution < -0.4 is 11.2 Å². The average molecular weight is 394 g/mol. The van der Waals surface area contributed by atoms with Gasteiger partial charge in [0.15, 0.2) is 4.90 Å². The van der Waals surface area contributed by atoms with Crippen molar-refractivity contribution in [2.75, 3.05) is 7.05 Å². The first kappa shape index (κ1) is 18.5. The fourth-order valence-corrected chi connectivity index (χ4v) is 5.14. The summed E-state index contributed by atoms with van der Waals surface area (Å²) in [5.74, 6) is 0. The van der Waals surface area contributed by atoms with Gasteiger partial charge in [0.1, 0.15) is 5.01 Å². The Morgan fingerprint density at radius 2 is 1.85 bits per heavy atom. The second kappa shape index (κ2) is 6.45. The molecule has 3 rings (SSSR count). The van der Waals surface area contributed by atoms with Crippen LogP contribution in [0.2, 0.25) is 0 Å². The van der Waals surface area contributed by atoms with Gasteiger partial charge < -0.3 is 4.57 Å². The van der Waals surface area contributed by atoms with Gasteiger partial charge in [-0.25, -0.2) is 18.2 Å². The van der Waals surface area contributed by atoms with E-state index in [1.165, 1.54) is 32.5 Å². The van der Waals surface area contributed by atoms with Crippen molar-refractivity contribution in [3.63, 3.8) is 0 Å². The molecule has 0 N–H and O–H groups in total. The van der Waals surface area contributed by atoms with Crippen molar-refractivity contribution >= 4 is 31.6 Å². The third-order valence-corrected chi connectivity index (χ3v) is 7.40. The van der Waals surface area contributed by atoms with Crippen molar-refractivity contribution in [2.24, 2.45) is 14.1 Å². The van der Waals surface area contributed by atoms with Crippen molar-refractivity contribution in [1.82, 2.24) is 18.4 Å². The molecule has 0 saturated heterocycles. The SMILES string of the molecule is CC(c1nc2ccccc2s1)N(C)S(=O)(=O)c1cn(C)c(=O)n(C)c1=O. The highest BCUT2D eigenvalue weighted by atomic mass is 32.2. The van der Waals surface area contributed by atoms with Crippen molar-refractivity contribution in [3.8, 4) is 0 Å². The summed E-state index contributed by atoms with van der Waals surface area (Å²) in [6, 6.07) is 6.97. The zero-order valence-electron chi connectivity index (χ0n) is 14.7. The van der Waals surface area contributed by atoms with Gasteiger partial charge in [-0.3, -0.25) is 9.36 Å². The summed E-state index contributed by atoms with van der Waals surface area (Å²) in [5.41, 5.74) is -0.643. The van der Waals surface area contributed by atoms with Crippen LogP contribution in [0.15, 0.2) is 44.9 Å². The van der Waals surface area contributed by atoms with Crippen LogP contribution in [0.25, 0.3) is 10.2 Å². The maximum absolute atomic E-state index is 13.0. The number of nitrogens with zero attached hydrogens (tertiary/aromatic N) is 4. The molecule has 0 saturated carbocycles. The molecule has 0 aliphatic rings. The Morgan fingerprint density at radius 3 is 2.50 bits per heavy atom. The number of sulfonamides is 1. The Bertz CT molecular complexity index is 1170. The summed E-state index contributed by atoms with van der Waals surface area (Å²) in [4.78, 5) is 28.2. The van der Waals surface area contributed by atoms with Crippen molar-refractivity contribution in [1.29, 1.82) is 0 Å². The third kappa shape index (κ3) is 2.89. The minimum atomic E-state index is -4.11. The van der Waals surface area contributed by atoms with Gasteiger partial charge in [0.2, 0.25) is 10.0 Å². The van der Waals surface area contributed by atoms with Crippen molar-refractivity contribution in [3.05, 3.63) is 56.3 Å². The minimum absolute atomic E-state index is 0.447. The Balaban J connectivity index is 2.07. The summed E-state index contributed by atoms with van der Waals surface area (Å²) in [7, 11) is -0.0587. The molecule has 10 heteroatoms. The van der Waals surface area contributed by atoms with Crippen LogP contribution in [-0.2, 0) is 24.1 Å². The maximum atomic E-state index is 13.0. The summed E-state index contributed by atoms with van der Waals surface area (Å²) in [5, 5.41) is 0.624. The normalized spacial score (nSPS) is 13.4. The van der Waals surface area contributed by atoms with Crippen LogP contribution in [0.5, 0.6) is 0 Å². The fraction of sp³-hybridized carbons (Fsp3) is 0.312. The number of aryl methyl sites for hydroxylation is 1. The second-order valence-corrected chi connectivity index (χ2v) is 9.00. The quantitative estimate of drug-likeness (QED) is 0.660. The Labute approximate surface area is 154 Å². The van der Waals surface area contributed by atoms with Gasteiger partial charge in [-0.15, -0.1) is 11.3 Å². The monoisotopic (exact) mass is 394 g/mol. The lowest BCUT2D eigenvalue weighted by Crippen LogP contribution is -2.42. The van der Waals surface area contributed by atoms with E-state index < -0.39 is 32.2 Å². The van der Waals surface area contributed by atoms with Crippen LogP contribution in [-0.4, -0.2) is 33.9 Å². The molecule has 3 aromatic rings. The smallest absolute Gasteiger partial charge is 0.302 e. The molecule has 26 heavy (non-hydrogen) atoms. The van der Waals surface area contributed by atoms with Gasteiger partial charge in [-0.05, 0) is 19.1 Å².